The molecule has 124 valence electrons. The zero-order valence-electron chi connectivity index (χ0n) is 14.0. The van der Waals surface area contributed by atoms with Crippen LogP contribution in [0.2, 0.25) is 23.3 Å². The highest BCUT2D eigenvalue weighted by atomic mass is 79.9. The summed E-state index contributed by atoms with van der Waals surface area (Å²) in [5.74, 6) is 0.871. The summed E-state index contributed by atoms with van der Waals surface area (Å²) in [4.78, 5) is 4.20. The van der Waals surface area contributed by atoms with Crippen molar-refractivity contribution in [1.82, 2.24) is 4.98 Å². The van der Waals surface area contributed by atoms with Crippen molar-refractivity contribution in [3.63, 3.8) is 0 Å². The van der Waals surface area contributed by atoms with Crippen LogP contribution in [0.3, 0.4) is 0 Å². The van der Waals surface area contributed by atoms with E-state index in [-0.39, 0.29) is 11.1 Å². The molecule has 0 bridgehead atoms. The minimum absolute atomic E-state index is 0.0257. The zero-order chi connectivity index (χ0) is 17.0. The van der Waals surface area contributed by atoms with E-state index >= 15 is 0 Å². The van der Waals surface area contributed by atoms with Crippen LogP contribution in [0.25, 0.3) is 10.8 Å². The van der Waals surface area contributed by atoms with Gasteiger partial charge in [0.1, 0.15) is 23.6 Å². The van der Waals surface area contributed by atoms with Gasteiger partial charge in [-0.25, -0.2) is 4.98 Å². The molecule has 2 aromatic rings. The van der Waals surface area contributed by atoms with Crippen molar-refractivity contribution in [3.05, 3.63) is 33.5 Å². The second-order valence-electron chi connectivity index (χ2n) is 7.51. The van der Waals surface area contributed by atoms with Crippen LogP contribution in [-0.4, -0.2) is 19.9 Å². The molecule has 0 radical (unpaired) electrons. The molecule has 2 heterocycles. The van der Waals surface area contributed by atoms with Crippen LogP contribution in [0.4, 0.5) is 0 Å². The van der Waals surface area contributed by atoms with E-state index in [2.05, 4.69) is 60.8 Å². The van der Waals surface area contributed by atoms with Gasteiger partial charge in [0.05, 0.1) is 0 Å². The number of halogens is 2. The number of rotatable bonds is 2. The number of hydrogen-bond acceptors (Lipinski definition) is 3. The fourth-order valence-corrected chi connectivity index (χ4v) is 4.52. The standard InChI is InChI=1S/C17H21BrClNO2Si/c1-17(2,3)23(4,5)22-14-9-21-16-11(14)6-13(18)10-7-15(19)20-8-12(10)16/h6-8,14H,9H2,1-5H3. The molecule has 1 aliphatic rings. The molecule has 6 heteroatoms. The lowest BCUT2D eigenvalue weighted by molar-refractivity contribution is 0.147. The van der Waals surface area contributed by atoms with Gasteiger partial charge >= 0.3 is 0 Å². The molecule has 0 saturated heterocycles. The highest BCUT2D eigenvalue weighted by Crippen LogP contribution is 2.47. The van der Waals surface area contributed by atoms with Gasteiger partial charge in [0.25, 0.3) is 0 Å². The molecule has 1 aromatic heterocycles. The first-order valence-corrected chi connectivity index (χ1v) is 11.8. The van der Waals surface area contributed by atoms with Gasteiger partial charge in [0.2, 0.25) is 0 Å². The average molecular weight is 415 g/mol. The van der Waals surface area contributed by atoms with Gasteiger partial charge in [-0.05, 0) is 30.3 Å². The fraction of sp³-hybridized carbons (Fsp3) is 0.471. The van der Waals surface area contributed by atoms with Crippen molar-refractivity contribution in [2.24, 2.45) is 0 Å². The normalized spacial score (nSPS) is 18.1. The Kier molecular flexibility index (Phi) is 4.28. The molecule has 0 aliphatic carbocycles. The lowest BCUT2D eigenvalue weighted by Crippen LogP contribution is -2.42. The third kappa shape index (κ3) is 3.04. The van der Waals surface area contributed by atoms with Gasteiger partial charge in [0, 0.05) is 27.0 Å². The van der Waals surface area contributed by atoms with Crippen LogP contribution in [0, 0.1) is 0 Å². The Bertz CT molecular complexity index is 773. The van der Waals surface area contributed by atoms with Gasteiger partial charge in [-0.1, -0.05) is 48.3 Å². The monoisotopic (exact) mass is 413 g/mol. The maximum absolute atomic E-state index is 6.56. The van der Waals surface area contributed by atoms with Crippen molar-refractivity contribution in [2.75, 3.05) is 6.61 Å². The Balaban J connectivity index is 2.04. The third-order valence-corrected chi connectivity index (χ3v) is 10.2. The summed E-state index contributed by atoms with van der Waals surface area (Å²) in [5, 5.41) is 2.63. The van der Waals surface area contributed by atoms with Crippen LogP contribution < -0.4 is 4.74 Å². The molecule has 1 atom stereocenters. The number of pyridine rings is 1. The van der Waals surface area contributed by atoms with Crippen LogP contribution >= 0.6 is 27.5 Å². The highest BCUT2D eigenvalue weighted by Gasteiger charge is 2.41. The maximum Gasteiger partial charge on any atom is 0.193 e. The van der Waals surface area contributed by atoms with Crippen LogP contribution in [0.5, 0.6) is 5.75 Å². The zero-order valence-corrected chi connectivity index (χ0v) is 17.4. The summed E-state index contributed by atoms with van der Waals surface area (Å²) in [6, 6.07) is 3.95. The van der Waals surface area contributed by atoms with E-state index in [1.165, 1.54) is 0 Å². The SMILES string of the molecule is CC(C)(C)[Si](C)(C)OC1COc2c1cc(Br)c1cc(Cl)ncc21. The second-order valence-corrected chi connectivity index (χ2v) is 13.5. The Morgan fingerprint density at radius 3 is 2.65 bits per heavy atom. The molecule has 1 aliphatic heterocycles. The molecule has 23 heavy (non-hydrogen) atoms. The first kappa shape index (κ1) is 17.2. The predicted molar refractivity (Wildman–Crippen MR) is 101 cm³/mol. The number of nitrogens with zero attached hydrogens (tertiary/aromatic N) is 1. The molecule has 0 fully saturated rings. The lowest BCUT2D eigenvalue weighted by Gasteiger charge is -2.38. The maximum atomic E-state index is 6.56. The van der Waals surface area contributed by atoms with Crippen molar-refractivity contribution in [3.8, 4) is 5.75 Å². The van der Waals surface area contributed by atoms with Crippen LogP contribution in [0.15, 0.2) is 22.8 Å². The second kappa shape index (κ2) is 5.72. The van der Waals surface area contributed by atoms with Gasteiger partial charge in [0.15, 0.2) is 8.32 Å². The molecular formula is C17H21BrClNO2Si. The largest absolute Gasteiger partial charge is 0.489 e. The summed E-state index contributed by atoms with van der Waals surface area (Å²) in [6.45, 7) is 11.8. The minimum atomic E-state index is -1.86. The summed E-state index contributed by atoms with van der Waals surface area (Å²) < 4.78 is 13.5. The van der Waals surface area contributed by atoms with E-state index < -0.39 is 8.32 Å². The number of benzene rings is 1. The Hall–Kier alpha value is -0.623. The van der Waals surface area contributed by atoms with E-state index in [1.807, 2.05) is 6.07 Å². The third-order valence-electron chi connectivity index (χ3n) is 4.89. The summed E-state index contributed by atoms with van der Waals surface area (Å²) >= 11 is 9.66. The van der Waals surface area contributed by atoms with Crippen LogP contribution in [0.1, 0.15) is 32.4 Å². The first-order chi connectivity index (χ1) is 10.6. The Morgan fingerprint density at radius 1 is 1.30 bits per heavy atom. The number of hydrogen-bond donors (Lipinski definition) is 0. The van der Waals surface area contributed by atoms with Crippen LogP contribution in [-0.2, 0) is 4.43 Å². The molecular weight excluding hydrogens is 394 g/mol. The van der Waals surface area contributed by atoms with Gasteiger partial charge in [-0.3, -0.25) is 0 Å². The molecule has 1 aromatic carbocycles. The van der Waals surface area contributed by atoms with E-state index in [0.717, 1.165) is 26.6 Å². The lowest BCUT2D eigenvalue weighted by atomic mass is 10.1. The van der Waals surface area contributed by atoms with E-state index in [4.69, 9.17) is 20.8 Å². The molecule has 0 spiro atoms. The summed E-state index contributed by atoms with van der Waals surface area (Å²) in [6.07, 6.45) is 1.75. The quantitative estimate of drug-likeness (QED) is 0.439. The van der Waals surface area contributed by atoms with Crippen molar-refractivity contribution in [2.45, 2.75) is 45.0 Å². The van der Waals surface area contributed by atoms with Crippen molar-refractivity contribution in [1.29, 1.82) is 0 Å². The highest BCUT2D eigenvalue weighted by molar-refractivity contribution is 9.10. The molecule has 0 N–H and O–H groups in total. The summed E-state index contributed by atoms with van der Waals surface area (Å²) in [7, 11) is -1.86. The van der Waals surface area contributed by atoms with Crippen molar-refractivity contribution < 1.29 is 9.16 Å². The Morgan fingerprint density at radius 2 is 2.00 bits per heavy atom. The fourth-order valence-electron chi connectivity index (χ4n) is 2.52. The number of ether oxygens (including phenoxy) is 1. The van der Waals surface area contributed by atoms with E-state index in [9.17, 15) is 0 Å². The molecule has 0 saturated carbocycles. The minimum Gasteiger partial charge on any atom is -0.489 e. The predicted octanol–water partition coefficient (Wildman–Crippen LogP) is 6.11. The number of fused-ring (bicyclic) bond motifs is 3. The Labute approximate surface area is 151 Å². The van der Waals surface area contributed by atoms with Gasteiger partial charge < -0.3 is 9.16 Å². The topological polar surface area (TPSA) is 31.4 Å². The first-order valence-electron chi connectivity index (χ1n) is 7.68. The molecule has 3 nitrogen and oxygen atoms in total. The van der Waals surface area contributed by atoms with E-state index in [0.29, 0.717) is 11.8 Å². The smallest absolute Gasteiger partial charge is 0.193 e. The van der Waals surface area contributed by atoms with Crippen molar-refractivity contribution >= 4 is 46.6 Å². The average Bonchev–Trinajstić information content (AvgIpc) is 2.80. The van der Waals surface area contributed by atoms with Gasteiger partial charge in [-0.2, -0.15) is 0 Å². The van der Waals surface area contributed by atoms with Gasteiger partial charge in [-0.15, -0.1) is 0 Å². The van der Waals surface area contributed by atoms with E-state index in [1.54, 1.807) is 6.20 Å². The molecule has 1 unspecified atom stereocenters. The molecule has 0 amide bonds. The number of aromatic nitrogens is 1. The molecule has 3 rings (SSSR count). The summed E-state index contributed by atoms with van der Waals surface area (Å²) in [5.41, 5.74) is 1.10.